The Hall–Kier alpha value is -1.32. The van der Waals surface area contributed by atoms with Gasteiger partial charge in [-0.2, -0.15) is 0 Å². The first-order chi connectivity index (χ1) is 9.58. The summed E-state index contributed by atoms with van der Waals surface area (Å²) < 4.78 is 2.38. The van der Waals surface area contributed by atoms with Crippen molar-refractivity contribution in [2.24, 2.45) is 5.92 Å². The third-order valence-corrected chi connectivity index (χ3v) is 3.53. The number of hydrogen-bond donors (Lipinski definition) is 1. The van der Waals surface area contributed by atoms with Crippen LogP contribution in [-0.2, 0) is 13.1 Å². The Morgan fingerprint density at radius 1 is 1.20 bits per heavy atom. The van der Waals surface area contributed by atoms with E-state index in [1.807, 2.05) is 0 Å². The maximum Gasteiger partial charge on any atom is 0.0526 e. The lowest BCUT2D eigenvalue weighted by atomic mass is 10.1. The molecular weight excluding hydrogens is 246 g/mol. The van der Waals surface area contributed by atoms with Gasteiger partial charge in [0, 0.05) is 25.8 Å². The molecule has 110 valence electrons. The van der Waals surface area contributed by atoms with E-state index in [0.29, 0.717) is 5.92 Å². The van der Waals surface area contributed by atoms with Crippen molar-refractivity contribution in [2.75, 3.05) is 27.2 Å². The first kappa shape index (κ1) is 15.1. The number of nitrogens with zero attached hydrogens (tertiary/aromatic N) is 2. The van der Waals surface area contributed by atoms with Crippen molar-refractivity contribution in [3.8, 4) is 0 Å². The standard InChI is InChI=1S/C17H27N3/c1-14(2)12-18-13-16-7-5-6-15-8-9-20(17(15)16)11-10-19(3)4/h5-9,14,18H,10-13H2,1-4H3. The van der Waals surface area contributed by atoms with Gasteiger partial charge in [0.25, 0.3) is 0 Å². The number of para-hydroxylation sites is 1. The third-order valence-electron chi connectivity index (χ3n) is 3.53. The minimum Gasteiger partial charge on any atom is -0.346 e. The topological polar surface area (TPSA) is 20.2 Å². The van der Waals surface area contributed by atoms with Gasteiger partial charge in [-0.3, -0.25) is 0 Å². The van der Waals surface area contributed by atoms with Gasteiger partial charge < -0.3 is 14.8 Å². The van der Waals surface area contributed by atoms with Crippen molar-refractivity contribution >= 4 is 10.9 Å². The lowest BCUT2D eigenvalue weighted by molar-refractivity contribution is 0.386. The monoisotopic (exact) mass is 273 g/mol. The molecule has 20 heavy (non-hydrogen) atoms. The Bertz CT molecular complexity index is 540. The smallest absolute Gasteiger partial charge is 0.0526 e. The van der Waals surface area contributed by atoms with Gasteiger partial charge in [-0.1, -0.05) is 32.0 Å². The molecule has 3 heteroatoms. The largest absolute Gasteiger partial charge is 0.346 e. The third kappa shape index (κ3) is 3.84. The van der Waals surface area contributed by atoms with Crippen LogP contribution in [0.25, 0.3) is 10.9 Å². The van der Waals surface area contributed by atoms with Gasteiger partial charge in [0.2, 0.25) is 0 Å². The number of rotatable bonds is 7. The fraction of sp³-hybridized carbons (Fsp3) is 0.529. The summed E-state index contributed by atoms with van der Waals surface area (Å²) in [7, 11) is 4.24. The summed E-state index contributed by atoms with van der Waals surface area (Å²) in [5.41, 5.74) is 2.78. The summed E-state index contributed by atoms with van der Waals surface area (Å²) in [6.45, 7) is 8.60. The molecule has 1 heterocycles. The Kier molecular flexibility index (Phi) is 5.21. The van der Waals surface area contributed by atoms with Crippen molar-refractivity contribution in [1.82, 2.24) is 14.8 Å². The Balaban J connectivity index is 2.18. The zero-order valence-electron chi connectivity index (χ0n) is 13.2. The van der Waals surface area contributed by atoms with Crippen LogP contribution < -0.4 is 5.32 Å². The molecular formula is C17H27N3. The van der Waals surface area contributed by atoms with Crippen LogP contribution in [0.15, 0.2) is 30.5 Å². The molecule has 0 aliphatic heterocycles. The number of likely N-dealkylation sites (N-methyl/N-ethyl adjacent to an activating group) is 1. The van der Waals surface area contributed by atoms with Crippen molar-refractivity contribution < 1.29 is 0 Å². The second-order valence-corrected chi connectivity index (χ2v) is 6.19. The molecule has 0 radical (unpaired) electrons. The predicted molar refractivity (Wildman–Crippen MR) is 87.0 cm³/mol. The number of fused-ring (bicyclic) bond motifs is 1. The highest BCUT2D eigenvalue weighted by atomic mass is 15.1. The molecule has 1 N–H and O–H groups in total. The lowest BCUT2D eigenvalue weighted by Gasteiger charge is -2.14. The van der Waals surface area contributed by atoms with Crippen LogP contribution in [0, 0.1) is 5.92 Å². The quantitative estimate of drug-likeness (QED) is 0.837. The second-order valence-electron chi connectivity index (χ2n) is 6.19. The highest BCUT2D eigenvalue weighted by molar-refractivity contribution is 5.83. The van der Waals surface area contributed by atoms with Crippen molar-refractivity contribution in [1.29, 1.82) is 0 Å². The summed E-state index contributed by atoms with van der Waals surface area (Å²) in [5, 5.41) is 4.89. The van der Waals surface area contributed by atoms with Gasteiger partial charge in [0.05, 0.1) is 5.52 Å². The molecule has 1 aromatic heterocycles. The van der Waals surface area contributed by atoms with Gasteiger partial charge in [-0.05, 0) is 43.6 Å². The van der Waals surface area contributed by atoms with Gasteiger partial charge in [-0.15, -0.1) is 0 Å². The minimum atomic E-state index is 0.690. The van der Waals surface area contributed by atoms with E-state index >= 15 is 0 Å². The SMILES string of the molecule is CC(C)CNCc1cccc2ccn(CCN(C)C)c12. The average Bonchev–Trinajstić information content (AvgIpc) is 2.80. The average molecular weight is 273 g/mol. The Morgan fingerprint density at radius 3 is 2.70 bits per heavy atom. The zero-order chi connectivity index (χ0) is 14.5. The number of nitrogens with one attached hydrogen (secondary N) is 1. The first-order valence-electron chi connectivity index (χ1n) is 7.50. The Morgan fingerprint density at radius 2 is 2.00 bits per heavy atom. The molecule has 0 spiro atoms. The number of aromatic nitrogens is 1. The summed E-state index contributed by atoms with van der Waals surface area (Å²) >= 11 is 0. The fourth-order valence-electron chi connectivity index (χ4n) is 2.47. The van der Waals surface area contributed by atoms with Crippen LogP contribution >= 0.6 is 0 Å². The molecule has 2 aromatic rings. The molecule has 3 nitrogen and oxygen atoms in total. The van der Waals surface area contributed by atoms with E-state index in [2.05, 4.69) is 73.2 Å². The molecule has 0 saturated heterocycles. The van der Waals surface area contributed by atoms with E-state index in [4.69, 9.17) is 0 Å². The predicted octanol–water partition coefficient (Wildman–Crippen LogP) is 2.95. The second kappa shape index (κ2) is 6.91. The maximum absolute atomic E-state index is 3.55. The molecule has 0 fully saturated rings. The van der Waals surface area contributed by atoms with Gasteiger partial charge in [0.15, 0.2) is 0 Å². The summed E-state index contributed by atoms with van der Waals surface area (Å²) in [4.78, 5) is 2.23. The van der Waals surface area contributed by atoms with Gasteiger partial charge >= 0.3 is 0 Å². The van der Waals surface area contributed by atoms with E-state index in [9.17, 15) is 0 Å². The van der Waals surface area contributed by atoms with Crippen LogP contribution in [0.3, 0.4) is 0 Å². The molecule has 2 rings (SSSR count). The molecule has 0 saturated carbocycles. The fourth-order valence-corrected chi connectivity index (χ4v) is 2.47. The Labute approximate surface area is 122 Å². The van der Waals surface area contributed by atoms with Gasteiger partial charge in [-0.25, -0.2) is 0 Å². The van der Waals surface area contributed by atoms with E-state index in [1.165, 1.54) is 16.5 Å². The van der Waals surface area contributed by atoms with E-state index in [0.717, 1.165) is 26.2 Å². The normalized spacial score (nSPS) is 11.9. The van der Waals surface area contributed by atoms with Crippen LogP contribution in [0.5, 0.6) is 0 Å². The molecule has 0 bridgehead atoms. The highest BCUT2D eigenvalue weighted by Crippen LogP contribution is 2.20. The molecule has 0 aliphatic carbocycles. The van der Waals surface area contributed by atoms with Crippen LogP contribution in [0.1, 0.15) is 19.4 Å². The van der Waals surface area contributed by atoms with Gasteiger partial charge in [0.1, 0.15) is 0 Å². The molecule has 0 atom stereocenters. The minimum absolute atomic E-state index is 0.690. The molecule has 0 aliphatic rings. The molecule has 0 unspecified atom stereocenters. The van der Waals surface area contributed by atoms with E-state index in [1.54, 1.807) is 0 Å². The highest BCUT2D eigenvalue weighted by Gasteiger charge is 2.07. The number of benzene rings is 1. The molecule has 0 amide bonds. The van der Waals surface area contributed by atoms with E-state index in [-0.39, 0.29) is 0 Å². The zero-order valence-corrected chi connectivity index (χ0v) is 13.2. The van der Waals surface area contributed by atoms with E-state index < -0.39 is 0 Å². The molecule has 1 aromatic carbocycles. The van der Waals surface area contributed by atoms with Crippen LogP contribution in [0.2, 0.25) is 0 Å². The van der Waals surface area contributed by atoms with Crippen molar-refractivity contribution in [3.63, 3.8) is 0 Å². The maximum atomic E-state index is 3.55. The first-order valence-corrected chi connectivity index (χ1v) is 7.50. The van der Waals surface area contributed by atoms with Crippen molar-refractivity contribution in [3.05, 3.63) is 36.0 Å². The van der Waals surface area contributed by atoms with Crippen LogP contribution in [0.4, 0.5) is 0 Å². The summed E-state index contributed by atoms with van der Waals surface area (Å²) in [6, 6.07) is 8.82. The number of hydrogen-bond acceptors (Lipinski definition) is 2. The van der Waals surface area contributed by atoms with Crippen LogP contribution in [-0.4, -0.2) is 36.7 Å². The van der Waals surface area contributed by atoms with Crippen molar-refractivity contribution in [2.45, 2.75) is 26.9 Å². The lowest BCUT2D eigenvalue weighted by Crippen LogP contribution is -2.20. The summed E-state index contributed by atoms with van der Waals surface area (Å²) in [5.74, 6) is 0.690. The summed E-state index contributed by atoms with van der Waals surface area (Å²) in [6.07, 6.45) is 2.21.